The Labute approximate surface area is 113 Å². The minimum absolute atomic E-state index is 0. The van der Waals surface area contributed by atoms with Crippen molar-refractivity contribution in [2.24, 2.45) is 0 Å². The van der Waals surface area contributed by atoms with Crippen molar-refractivity contribution in [3.8, 4) is 0 Å². The molecule has 0 aliphatic heterocycles. The summed E-state index contributed by atoms with van der Waals surface area (Å²) in [6.07, 6.45) is -0.500. The second-order valence-corrected chi connectivity index (χ2v) is 3.28. The van der Waals surface area contributed by atoms with Crippen molar-refractivity contribution in [2.45, 2.75) is 59.9 Å². The molecule has 0 aromatic heterocycles. The Kier molecular flexibility index (Phi) is 34.4. The molecule has 0 rings (SSSR count). The maximum absolute atomic E-state index is 8.06. The Morgan fingerprint density at radius 2 is 0.538 bits per heavy atom. The summed E-state index contributed by atoms with van der Waals surface area (Å²) in [4.78, 5) is 0. The SMILES string of the molecule is CC(C)O.CC(C)O.CC(C)O.[Dy]. The van der Waals surface area contributed by atoms with Crippen molar-refractivity contribution in [3.63, 3.8) is 0 Å². The predicted molar refractivity (Wildman–Crippen MR) is 52.1 cm³/mol. The van der Waals surface area contributed by atoms with Gasteiger partial charge in [-0.2, -0.15) is 0 Å². The van der Waals surface area contributed by atoms with Crippen molar-refractivity contribution >= 4 is 0 Å². The predicted octanol–water partition coefficient (Wildman–Crippen LogP) is 1.16. The van der Waals surface area contributed by atoms with E-state index in [-0.39, 0.29) is 56.5 Å². The normalized spacial score (nSPS) is 8.31. The monoisotopic (exact) mass is 344 g/mol. The molecule has 0 spiro atoms. The van der Waals surface area contributed by atoms with E-state index < -0.39 is 0 Å². The van der Waals surface area contributed by atoms with Crippen LogP contribution in [-0.4, -0.2) is 33.6 Å². The van der Waals surface area contributed by atoms with Crippen LogP contribution in [0.1, 0.15) is 41.5 Å². The van der Waals surface area contributed by atoms with E-state index in [1.54, 1.807) is 41.5 Å². The number of aliphatic hydroxyl groups is 3. The van der Waals surface area contributed by atoms with Crippen LogP contribution in [0.3, 0.4) is 0 Å². The maximum Gasteiger partial charge on any atom is 0.0483 e. The summed E-state index contributed by atoms with van der Waals surface area (Å²) in [6, 6.07) is 0. The molecule has 0 aromatic rings. The summed E-state index contributed by atoms with van der Waals surface area (Å²) in [5.41, 5.74) is 0. The molecule has 0 radical (unpaired) electrons. The molecule has 0 fully saturated rings. The molecule has 0 aromatic carbocycles. The molecule has 0 aliphatic carbocycles. The summed E-state index contributed by atoms with van der Waals surface area (Å²) in [5.74, 6) is 0. The zero-order chi connectivity index (χ0) is 10.7. The number of rotatable bonds is 0. The molecule has 88 valence electrons. The van der Waals surface area contributed by atoms with Crippen LogP contribution in [0.25, 0.3) is 0 Å². The Morgan fingerprint density at radius 1 is 0.538 bits per heavy atom. The number of aliphatic hydroxyl groups excluding tert-OH is 3. The van der Waals surface area contributed by atoms with Crippen LogP contribution < -0.4 is 0 Å². The summed E-state index contributed by atoms with van der Waals surface area (Å²) < 4.78 is 0. The van der Waals surface area contributed by atoms with E-state index in [0.29, 0.717) is 0 Å². The van der Waals surface area contributed by atoms with E-state index in [2.05, 4.69) is 0 Å². The van der Waals surface area contributed by atoms with Gasteiger partial charge in [0, 0.05) is 56.5 Å². The molecule has 4 heteroatoms. The van der Waals surface area contributed by atoms with Gasteiger partial charge in [0.15, 0.2) is 0 Å². The van der Waals surface area contributed by atoms with Crippen LogP contribution in [0.2, 0.25) is 0 Å². The van der Waals surface area contributed by atoms with E-state index in [4.69, 9.17) is 15.3 Å². The van der Waals surface area contributed by atoms with Crippen LogP contribution in [-0.2, 0) is 0 Å². The molecule has 0 saturated heterocycles. The number of hydrogen-bond donors (Lipinski definition) is 3. The topological polar surface area (TPSA) is 60.7 Å². The second kappa shape index (κ2) is 18.8. The third-order valence-corrected chi connectivity index (χ3v) is 0. The average molecular weight is 343 g/mol. The molecule has 3 nitrogen and oxygen atoms in total. The van der Waals surface area contributed by atoms with Gasteiger partial charge < -0.3 is 15.3 Å². The fourth-order valence-electron chi connectivity index (χ4n) is 0. The van der Waals surface area contributed by atoms with E-state index in [1.807, 2.05) is 0 Å². The smallest absolute Gasteiger partial charge is 0.0483 e. The molecule has 0 saturated carbocycles. The van der Waals surface area contributed by atoms with Gasteiger partial charge in [0.2, 0.25) is 0 Å². The standard InChI is InChI=1S/3C3H8O.Dy/c3*1-3(2)4;/h3*3-4H,1-2H3;. The minimum Gasteiger partial charge on any atom is -0.394 e. The summed E-state index contributed by atoms with van der Waals surface area (Å²) in [7, 11) is 0. The molecule has 0 atom stereocenters. The first kappa shape index (κ1) is 23.8. The Hall–Kier alpha value is 1.15. The van der Waals surface area contributed by atoms with Crippen LogP contribution >= 0.6 is 0 Å². The molecule has 0 heterocycles. The molecule has 13 heavy (non-hydrogen) atoms. The Morgan fingerprint density at radius 3 is 0.538 bits per heavy atom. The zero-order valence-corrected chi connectivity index (χ0v) is 11.4. The molecule has 0 amide bonds. The Balaban J connectivity index is -0.0000000450. The fourth-order valence-corrected chi connectivity index (χ4v) is 0. The van der Waals surface area contributed by atoms with Crippen molar-refractivity contribution < 1.29 is 53.5 Å². The van der Waals surface area contributed by atoms with Crippen LogP contribution in [0.15, 0.2) is 0 Å². The van der Waals surface area contributed by atoms with E-state index >= 15 is 0 Å². The molecular formula is C9H24DyO3. The first-order chi connectivity index (χ1) is 5.20. The first-order valence-electron chi connectivity index (χ1n) is 4.24. The van der Waals surface area contributed by atoms with E-state index in [1.165, 1.54) is 0 Å². The van der Waals surface area contributed by atoms with Gasteiger partial charge in [0.1, 0.15) is 0 Å². The number of hydrogen-bond acceptors (Lipinski definition) is 3. The van der Waals surface area contributed by atoms with Gasteiger partial charge in [-0.1, -0.05) is 0 Å². The molecule has 0 aliphatic rings. The van der Waals surface area contributed by atoms with Gasteiger partial charge in [-0.25, -0.2) is 0 Å². The third kappa shape index (κ3) is 1230. The van der Waals surface area contributed by atoms with Crippen molar-refractivity contribution in [1.82, 2.24) is 0 Å². The van der Waals surface area contributed by atoms with Crippen LogP contribution in [0.5, 0.6) is 0 Å². The molecule has 0 unspecified atom stereocenters. The second-order valence-electron chi connectivity index (χ2n) is 3.28. The van der Waals surface area contributed by atoms with E-state index in [9.17, 15) is 0 Å². The van der Waals surface area contributed by atoms with Crippen molar-refractivity contribution in [3.05, 3.63) is 0 Å². The zero-order valence-electron chi connectivity index (χ0n) is 9.39. The Bertz CT molecular complexity index is 43.4. The summed E-state index contributed by atoms with van der Waals surface area (Å²) >= 11 is 0. The van der Waals surface area contributed by atoms with Crippen molar-refractivity contribution in [2.75, 3.05) is 0 Å². The molecular weight excluding hydrogens is 319 g/mol. The van der Waals surface area contributed by atoms with E-state index in [0.717, 1.165) is 0 Å². The van der Waals surface area contributed by atoms with Crippen LogP contribution in [0, 0.1) is 38.2 Å². The maximum atomic E-state index is 8.06. The third-order valence-electron chi connectivity index (χ3n) is 0. The first-order valence-corrected chi connectivity index (χ1v) is 4.24. The fraction of sp³-hybridized carbons (Fsp3) is 1.00. The van der Waals surface area contributed by atoms with Gasteiger partial charge in [-0.15, -0.1) is 0 Å². The minimum atomic E-state index is -0.167. The van der Waals surface area contributed by atoms with Gasteiger partial charge in [0.05, 0.1) is 0 Å². The summed E-state index contributed by atoms with van der Waals surface area (Å²) in [5, 5.41) is 24.2. The van der Waals surface area contributed by atoms with Gasteiger partial charge in [0.25, 0.3) is 0 Å². The molecule has 3 N–H and O–H groups in total. The van der Waals surface area contributed by atoms with Gasteiger partial charge in [-0.3, -0.25) is 0 Å². The van der Waals surface area contributed by atoms with Crippen LogP contribution in [0.4, 0.5) is 0 Å². The van der Waals surface area contributed by atoms with Crippen molar-refractivity contribution in [1.29, 1.82) is 0 Å². The summed E-state index contributed by atoms with van der Waals surface area (Å²) in [6.45, 7) is 10.3. The van der Waals surface area contributed by atoms with Gasteiger partial charge >= 0.3 is 0 Å². The van der Waals surface area contributed by atoms with Gasteiger partial charge in [-0.05, 0) is 41.5 Å². The quantitative estimate of drug-likeness (QED) is 0.619. The largest absolute Gasteiger partial charge is 0.394 e. The molecule has 0 bridgehead atoms. The average Bonchev–Trinajstić information content (AvgIpc) is 1.54.